The van der Waals surface area contributed by atoms with Crippen LogP contribution in [0.1, 0.15) is 76.5 Å². The van der Waals surface area contributed by atoms with Gasteiger partial charge in [-0.2, -0.15) is 31.6 Å². The van der Waals surface area contributed by atoms with Crippen LogP contribution in [-0.2, 0) is 70.3 Å². The van der Waals surface area contributed by atoms with Gasteiger partial charge in [0.25, 0.3) is 0 Å². The molecule has 0 unspecified atom stereocenters. The highest BCUT2D eigenvalue weighted by atomic mass is 79.9. The molecule has 1 fully saturated rings. The number of halogens is 9. The summed E-state index contributed by atoms with van der Waals surface area (Å²) in [5.41, 5.74) is 2.94. The number of para-hydroxylation sites is 2. The van der Waals surface area contributed by atoms with Gasteiger partial charge in [-0.15, -0.1) is 68.6 Å². The number of nitrogens with one attached hydrogen (secondary N) is 7. The maximum Gasteiger partial charge on any atom is 0.416 e. The second kappa shape index (κ2) is 61.5. The van der Waals surface area contributed by atoms with Gasteiger partial charge in [0, 0.05) is 104 Å². The third kappa shape index (κ3) is 42.5. The molecule has 16 rings (SSSR count). The van der Waals surface area contributed by atoms with E-state index < -0.39 is 35.9 Å². The standard InChI is InChI=1S/C17H13F6NOS.C16H11BrN4OS2.C16H11Cl2N3O2S.C15H15NOS.C14H16N2OS2.C14H14N2OS.C11H15NO2S/c18-16(19,20)12-6-11(7-13(8-12)17(21,22)23)9-24-15(25)10-26-14-4-2-1-3-5-14;17-10-5-7-11(8-6-10)18-14(22)9-23-15-19-20-16-21(15)12-3-1-2-4-13(12)24-16;1-9(22)14-3-2-10(7-19)16(21-14)24-8-15(23)20-13-5-11(17)4-12(18)6-13;17-15(12-18-14-9-5-2-6-10-14)16-11-13-7-3-1-4-8-13;17-13(15-10-5-1-2-6-10)9-18-14-16-11-7-3-4-8-12(11)19-14;17-14(11-18-13-6-2-1-3-7-13)16-10-12-5-4-8-15-9-12;1-14-8-7-12-11(13)9-15-10-5-3-2-4-6-10/h1-8H,9-10H2,(H,24,25);1-8H,9H2,(H,18,22);2-6H,8H2,1H3,(H,20,23);1-10H,11-12H2,(H,16,17);3-4,7-8,10H,1-2,5-6,9H2,(H,15,17);1-9H,10-11H2,(H,16,17);2-6H,7-9H2,1H3,(H,12,13). The van der Waals surface area contributed by atoms with Crippen LogP contribution in [0.15, 0.2) is 336 Å². The number of Topliss-reactive ketones (excluding diaryl/α,β-unsaturated/α-hetero) is 1. The van der Waals surface area contributed by atoms with Gasteiger partial charge in [-0.1, -0.05) is 232 Å². The molecule has 5 aromatic heterocycles. The first-order chi connectivity index (χ1) is 69.5. The molecule has 7 amide bonds. The molecule has 5 heterocycles. The zero-order valence-electron chi connectivity index (χ0n) is 77.1. The molecule has 0 saturated heterocycles. The van der Waals surface area contributed by atoms with Crippen LogP contribution in [0.3, 0.4) is 0 Å². The average Bonchev–Trinajstić information content (AvgIpc) is 1.61. The maximum atomic E-state index is 12.8. The summed E-state index contributed by atoms with van der Waals surface area (Å²) in [5.74, 6) is 1.30. The van der Waals surface area contributed by atoms with Gasteiger partial charge in [0.1, 0.15) is 16.8 Å². The summed E-state index contributed by atoms with van der Waals surface area (Å²) < 4.78 is 87.8. The molecule has 10 aromatic carbocycles. The van der Waals surface area contributed by atoms with E-state index >= 15 is 0 Å². The van der Waals surface area contributed by atoms with Gasteiger partial charge in [0.15, 0.2) is 15.3 Å². The first-order valence-corrected chi connectivity index (χ1v) is 54.0. The number of hydrogen-bond donors (Lipinski definition) is 7. The molecular formula is C103H95BrCl2F6N14O9S9. The Labute approximate surface area is 884 Å². The molecule has 1 saturated carbocycles. The Kier molecular flexibility index (Phi) is 48.8. The van der Waals surface area contributed by atoms with E-state index in [9.17, 15) is 64.7 Å². The van der Waals surface area contributed by atoms with E-state index in [2.05, 4.69) is 90.4 Å². The number of pyridine rings is 2. The average molecular weight is 2230 g/mol. The Morgan fingerprint density at radius 1 is 0.472 bits per heavy atom. The van der Waals surface area contributed by atoms with Crippen molar-refractivity contribution in [2.75, 3.05) is 71.2 Å². The van der Waals surface area contributed by atoms with Crippen LogP contribution in [0, 0.1) is 11.3 Å². The van der Waals surface area contributed by atoms with Crippen molar-refractivity contribution in [1.29, 1.82) is 5.26 Å². The van der Waals surface area contributed by atoms with Gasteiger partial charge in [-0.3, -0.25) is 47.7 Å². The number of rotatable bonds is 34. The van der Waals surface area contributed by atoms with Crippen LogP contribution in [0.4, 0.5) is 37.7 Å². The first kappa shape index (κ1) is 114. The fraction of sp³-hybridized carbons (Fsp3) is 0.204. The lowest BCUT2D eigenvalue weighted by atomic mass is 10.0. The van der Waals surface area contributed by atoms with Gasteiger partial charge in [0.2, 0.25) is 46.3 Å². The minimum absolute atomic E-state index is 0.00486. The lowest BCUT2D eigenvalue weighted by Gasteiger charge is -2.14. The van der Waals surface area contributed by atoms with E-state index in [0.717, 1.165) is 95.7 Å². The molecule has 0 aliphatic heterocycles. The van der Waals surface area contributed by atoms with Crippen molar-refractivity contribution in [3.63, 3.8) is 0 Å². The number of thioether (sulfide) groups is 7. The minimum atomic E-state index is -4.91. The topological polar surface area (TPSA) is 323 Å². The fourth-order valence-electron chi connectivity index (χ4n) is 12.5. The van der Waals surface area contributed by atoms with E-state index in [1.54, 1.807) is 102 Å². The number of ether oxygens (including phenoxy) is 1. The molecule has 1 aliphatic rings. The number of benzene rings is 10. The molecule has 23 nitrogen and oxygen atoms in total. The van der Waals surface area contributed by atoms with E-state index in [1.807, 2.05) is 205 Å². The number of anilines is 2. The monoisotopic (exact) mass is 2220 g/mol. The van der Waals surface area contributed by atoms with Crippen molar-refractivity contribution < 1.29 is 69.4 Å². The molecular weight excluding hydrogens is 2130 g/mol. The Hall–Kier alpha value is -11.8. The van der Waals surface area contributed by atoms with Crippen LogP contribution in [0.5, 0.6) is 0 Å². The number of carbonyl (C=O) groups is 8. The summed E-state index contributed by atoms with van der Waals surface area (Å²) in [6.07, 6.45) is -1.59. The molecule has 1 aliphatic carbocycles. The molecule has 144 heavy (non-hydrogen) atoms. The summed E-state index contributed by atoms with van der Waals surface area (Å²) in [7, 11) is 1.62. The van der Waals surface area contributed by atoms with Crippen molar-refractivity contribution >= 4 is 228 Å². The Bertz CT molecular complexity index is 6410. The number of ketones is 1. The number of carbonyl (C=O) groups excluding carboxylic acids is 8. The second-order valence-corrected chi connectivity index (χ2v) is 41.5. The van der Waals surface area contributed by atoms with Crippen molar-refractivity contribution in [1.82, 2.24) is 56.1 Å². The number of hydrogen-bond acceptors (Lipinski definition) is 24. The third-order valence-corrected chi connectivity index (χ3v) is 29.4. The smallest absolute Gasteiger partial charge is 0.383 e. The van der Waals surface area contributed by atoms with Crippen LogP contribution >= 0.6 is 144 Å². The Morgan fingerprint density at radius 3 is 1.44 bits per heavy atom. The van der Waals surface area contributed by atoms with Gasteiger partial charge in [-0.05, 0) is 181 Å². The number of nitrogens with zero attached hydrogens (tertiary/aromatic N) is 7. The molecule has 748 valence electrons. The summed E-state index contributed by atoms with van der Waals surface area (Å²) in [6, 6.07) is 87.4. The van der Waals surface area contributed by atoms with Crippen molar-refractivity contribution in [3.05, 3.63) is 351 Å². The van der Waals surface area contributed by atoms with Crippen molar-refractivity contribution in [2.45, 2.75) is 105 Å². The molecule has 41 heteroatoms. The molecule has 15 aromatic rings. The fourth-order valence-corrected chi connectivity index (χ4v) is 20.7. The van der Waals surface area contributed by atoms with E-state index in [0.29, 0.717) is 93.7 Å². The van der Waals surface area contributed by atoms with Crippen LogP contribution in [0.25, 0.3) is 25.4 Å². The SMILES string of the molecule is CC(=O)c1ccc(C#N)c(SCC(=O)Nc2cc(Cl)cc(Cl)c2)n1.COCCNC(=O)CSc1ccccc1.O=C(CSc1ccccc1)NCc1cc(C(F)(F)F)cc(C(F)(F)F)c1.O=C(CSc1ccccc1)NCc1ccccc1.O=C(CSc1ccccc1)NCc1cccnc1.O=C(CSc1nc2ccccc2s1)NC1CCCC1.O=C(CSc1nnc2sc3ccccc3n12)Nc1ccc(Br)cc1. The number of alkyl halides is 6. The Balaban J connectivity index is 0.000000174. The highest BCUT2D eigenvalue weighted by Crippen LogP contribution is 2.38. The third-order valence-electron chi connectivity index (χ3n) is 19.3. The van der Waals surface area contributed by atoms with E-state index in [4.69, 9.17) is 33.2 Å². The van der Waals surface area contributed by atoms with Gasteiger partial charge < -0.3 is 42.0 Å². The number of amides is 7. The molecule has 0 spiro atoms. The van der Waals surface area contributed by atoms with Crippen molar-refractivity contribution in [3.8, 4) is 6.07 Å². The second-order valence-electron chi connectivity index (χ2n) is 30.4. The number of nitriles is 1. The number of methoxy groups -OCH3 is 1. The van der Waals surface area contributed by atoms with Gasteiger partial charge >= 0.3 is 12.4 Å². The lowest BCUT2D eigenvalue weighted by Crippen LogP contribution is -2.33. The number of aromatic nitrogens is 6. The first-order valence-electron chi connectivity index (χ1n) is 44.0. The van der Waals surface area contributed by atoms with E-state index in [-0.39, 0.29) is 75.8 Å². The predicted octanol–water partition coefficient (Wildman–Crippen LogP) is 24.3. The van der Waals surface area contributed by atoms with E-state index in [1.165, 1.54) is 95.4 Å². The lowest BCUT2D eigenvalue weighted by molar-refractivity contribution is -0.143. The van der Waals surface area contributed by atoms with Crippen molar-refractivity contribution in [2.24, 2.45) is 0 Å². The largest absolute Gasteiger partial charge is 0.416 e. The van der Waals surface area contributed by atoms with Crippen LogP contribution < -0.4 is 37.2 Å². The van der Waals surface area contributed by atoms with Gasteiger partial charge in [-0.25, -0.2) is 9.97 Å². The summed E-state index contributed by atoms with van der Waals surface area (Å²) in [5, 5.41) is 38.9. The summed E-state index contributed by atoms with van der Waals surface area (Å²) in [6.45, 7) is 3.21. The Morgan fingerprint density at radius 2 is 0.938 bits per heavy atom. The number of fused-ring (bicyclic) bond motifs is 4. The molecule has 7 N–H and O–H groups in total. The normalized spacial score (nSPS) is 11.4. The molecule has 0 atom stereocenters. The maximum absolute atomic E-state index is 12.8. The zero-order chi connectivity index (χ0) is 103. The van der Waals surface area contributed by atoms with Gasteiger partial charge in [0.05, 0.1) is 84.0 Å². The highest BCUT2D eigenvalue weighted by Gasteiger charge is 2.37. The molecule has 0 bridgehead atoms. The summed E-state index contributed by atoms with van der Waals surface area (Å²) in [4.78, 5) is 111. The van der Waals surface area contributed by atoms with Crippen LogP contribution in [-0.4, -0.2) is 143 Å². The molecule has 0 radical (unpaired) electrons. The quantitative estimate of drug-likeness (QED) is 0.00853. The van der Waals surface area contributed by atoms with Crippen LogP contribution in [0.2, 0.25) is 10.0 Å². The number of thiazole rings is 2. The zero-order valence-corrected chi connectivity index (χ0v) is 87.5. The predicted molar refractivity (Wildman–Crippen MR) is 574 cm³/mol. The highest BCUT2D eigenvalue weighted by molar-refractivity contribution is 9.10. The minimum Gasteiger partial charge on any atom is -0.383 e. The summed E-state index contributed by atoms with van der Waals surface area (Å²) >= 11 is 28.2.